The number of carbonyl (C=O) groups is 1. The van der Waals surface area contributed by atoms with Gasteiger partial charge in [0.05, 0.1) is 12.5 Å². The molecule has 1 aromatic carbocycles. The average Bonchev–Trinajstić information content (AvgIpc) is 3.13. The summed E-state index contributed by atoms with van der Waals surface area (Å²) in [5.74, 6) is -0.0768. The molecule has 2 atom stereocenters. The molecule has 0 aromatic heterocycles. The first-order chi connectivity index (χ1) is 8.90. The minimum atomic E-state index is -1.33. The van der Waals surface area contributed by atoms with Crippen LogP contribution in [0.3, 0.4) is 0 Å². The zero-order valence-electron chi connectivity index (χ0n) is 12.1. The molecule has 0 heterocycles. The molecule has 1 saturated carbocycles. The smallest absolute Gasteiger partial charge is 0.315 e. The van der Waals surface area contributed by atoms with Crippen molar-refractivity contribution in [3.8, 4) is 0 Å². The maximum Gasteiger partial charge on any atom is 0.315 e. The van der Waals surface area contributed by atoms with Crippen molar-refractivity contribution < 1.29 is 9.53 Å². The van der Waals surface area contributed by atoms with Crippen molar-refractivity contribution in [1.82, 2.24) is 0 Å². The lowest BCUT2D eigenvalue weighted by molar-refractivity contribution is -0.145. The molecule has 1 aliphatic carbocycles. The van der Waals surface area contributed by atoms with Crippen LogP contribution in [0.4, 0.5) is 0 Å². The summed E-state index contributed by atoms with van der Waals surface area (Å²) in [6.45, 7) is 6.95. The van der Waals surface area contributed by atoms with Gasteiger partial charge < -0.3 is 4.74 Å². The predicted molar refractivity (Wildman–Crippen MR) is 81.6 cm³/mol. The Labute approximate surface area is 116 Å². The third kappa shape index (κ3) is 2.81. The van der Waals surface area contributed by atoms with Crippen LogP contribution in [0.1, 0.15) is 12.0 Å². The van der Waals surface area contributed by atoms with Gasteiger partial charge in [0.2, 0.25) is 0 Å². The lowest BCUT2D eigenvalue weighted by Gasteiger charge is -2.19. The first-order valence-corrected chi connectivity index (χ1v) is 10.3. The van der Waals surface area contributed by atoms with Gasteiger partial charge in [-0.25, -0.2) is 0 Å². The van der Waals surface area contributed by atoms with Gasteiger partial charge in [-0.1, -0.05) is 62.1 Å². The van der Waals surface area contributed by atoms with Gasteiger partial charge in [0.15, 0.2) is 0 Å². The van der Waals surface area contributed by atoms with E-state index in [0.29, 0.717) is 5.54 Å². The van der Waals surface area contributed by atoms with Crippen molar-refractivity contribution in [2.24, 2.45) is 5.41 Å². The van der Waals surface area contributed by atoms with Crippen molar-refractivity contribution in [2.75, 3.05) is 7.11 Å². The van der Waals surface area contributed by atoms with Crippen LogP contribution in [0.2, 0.25) is 25.2 Å². The number of hydrogen-bond donors (Lipinski definition) is 0. The fourth-order valence-electron chi connectivity index (χ4n) is 2.83. The van der Waals surface area contributed by atoms with Gasteiger partial charge in [-0.3, -0.25) is 4.79 Å². The number of methoxy groups -OCH3 is 1. The van der Waals surface area contributed by atoms with Crippen LogP contribution in [0, 0.1) is 5.41 Å². The van der Waals surface area contributed by atoms with E-state index in [1.807, 2.05) is 30.3 Å². The first kappa shape index (κ1) is 14.1. The minimum absolute atomic E-state index is 0.0768. The highest BCUT2D eigenvalue weighted by Gasteiger charge is 2.63. The molecule has 19 heavy (non-hydrogen) atoms. The van der Waals surface area contributed by atoms with Gasteiger partial charge in [-0.2, -0.15) is 0 Å². The fourth-order valence-corrected chi connectivity index (χ4v) is 5.54. The molecule has 102 valence electrons. The Morgan fingerprint density at radius 3 is 2.42 bits per heavy atom. The van der Waals surface area contributed by atoms with Crippen LogP contribution in [0.25, 0.3) is 6.08 Å². The Kier molecular flexibility index (Phi) is 3.68. The van der Waals surface area contributed by atoms with Gasteiger partial charge in [-0.05, 0) is 17.5 Å². The predicted octanol–water partition coefficient (Wildman–Crippen LogP) is 3.97. The number of ether oxygens (including phenoxy) is 1. The third-order valence-electron chi connectivity index (χ3n) is 3.99. The van der Waals surface area contributed by atoms with Crippen LogP contribution in [-0.4, -0.2) is 21.2 Å². The molecule has 0 aliphatic heterocycles. The second-order valence-electron chi connectivity index (χ2n) is 6.40. The SMILES string of the molecule is COC(=O)[C@@]1(/C=C/c2ccccc2)C[C@H]1[Si](C)(C)C. The molecule has 0 amide bonds. The Morgan fingerprint density at radius 2 is 1.95 bits per heavy atom. The highest BCUT2D eigenvalue weighted by molar-refractivity contribution is 6.79. The second kappa shape index (κ2) is 4.97. The highest BCUT2D eigenvalue weighted by atomic mass is 28.3. The van der Waals surface area contributed by atoms with E-state index in [-0.39, 0.29) is 11.4 Å². The maximum absolute atomic E-state index is 12.1. The van der Waals surface area contributed by atoms with Crippen molar-refractivity contribution >= 4 is 20.1 Å². The molecule has 0 saturated heterocycles. The summed E-state index contributed by atoms with van der Waals surface area (Å²) in [6.07, 6.45) is 5.06. The number of hydrogen-bond acceptors (Lipinski definition) is 2. The van der Waals surface area contributed by atoms with Gasteiger partial charge >= 0.3 is 5.97 Å². The molecule has 2 rings (SSSR count). The third-order valence-corrected chi connectivity index (χ3v) is 6.80. The fraction of sp³-hybridized carbons (Fsp3) is 0.438. The van der Waals surface area contributed by atoms with Crippen molar-refractivity contribution in [2.45, 2.75) is 31.6 Å². The molecular formula is C16H22O2Si. The first-order valence-electron chi connectivity index (χ1n) is 6.73. The normalized spacial score (nSPS) is 26.4. The number of carbonyl (C=O) groups excluding carboxylic acids is 1. The van der Waals surface area contributed by atoms with E-state index >= 15 is 0 Å². The Morgan fingerprint density at radius 1 is 1.32 bits per heavy atom. The Hall–Kier alpha value is -1.35. The van der Waals surface area contributed by atoms with E-state index in [9.17, 15) is 4.79 Å². The summed E-state index contributed by atoms with van der Waals surface area (Å²) in [5, 5.41) is 0. The summed E-state index contributed by atoms with van der Waals surface area (Å²) >= 11 is 0. The molecule has 3 heteroatoms. The lowest BCUT2D eigenvalue weighted by atomic mass is 10.1. The molecule has 2 nitrogen and oxygen atoms in total. The zero-order valence-corrected chi connectivity index (χ0v) is 13.1. The molecule has 0 unspecified atom stereocenters. The molecule has 0 bridgehead atoms. The van der Waals surface area contributed by atoms with Crippen molar-refractivity contribution in [3.05, 3.63) is 42.0 Å². The Balaban J connectivity index is 2.23. The average molecular weight is 274 g/mol. The number of esters is 1. The summed E-state index contributed by atoms with van der Waals surface area (Å²) in [6, 6.07) is 10.1. The second-order valence-corrected chi connectivity index (χ2v) is 11.8. The van der Waals surface area contributed by atoms with E-state index in [0.717, 1.165) is 12.0 Å². The summed E-state index contributed by atoms with van der Waals surface area (Å²) in [4.78, 5) is 12.1. The largest absolute Gasteiger partial charge is 0.468 e. The summed E-state index contributed by atoms with van der Waals surface area (Å²) in [7, 11) is 0.158. The van der Waals surface area contributed by atoms with E-state index in [1.165, 1.54) is 7.11 Å². The van der Waals surface area contributed by atoms with E-state index in [4.69, 9.17) is 4.74 Å². The Bertz CT molecular complexity index is 487. The van der Waals surface area contributed by atoms with Gasteiger partial charge in [0.25, 0.3) is 0 Å². The van der Waals surface area contributed by atoms with Gasteiger partial charge in [-0.15, -0.1) is 0 Å². The molecule has 0 radical (unpaired) electrons. The van der Waals surface area contributed by atoms with Crippen LogP contribution in [0.15, 0.2) is 36.4 Å². The highest BCUT2D eigenvalue weighted by Crippen LogP contribution is 2.64. The lowest BCUT2D eigenvalue weighted by Crippen LogP contribution is -2.27. The molecule has 1 aromatic rings. The topological polar surface area (TPSA) is 26.3 Å². The number of benzene rings is 1. The van der Waals surface area contributed by atoms with E-state index < -0.39 is 8.07 Å². The van der Waals surface area contributed by atoms with Gasteiger partial charge in [0, 0.05) is 8.07 Å². The summed E-state index contributed by atoms with van der Waals surface area (Å²) < 4.78 is 5.02. The van der Waals surface area contributed by atoms with Crippen LogP contribution < -0.4 is 0 Å². The summed E-state index contributed by atoms with van der Waals surface area (Å²) in [5.41, 5.74) is 1.26. The zero-order chi connectivity index (χ0) is 14.1. The molecular weight excluding hydrogens is 252 g/mol. The van der Waals surface area contributed by atoms with Crippen molar-refractivity contribution in [1.29, 1.82) is 0 Å². The molecule has 0 spiro atoms. The monoisotopic (exact) mass is 274 g/mol. The van der Waals surface area contributed by atoms with Crippen LogP contribution >= 0.6 is 0 Å². The standard InChI is InChI=1S/C16H22O2Si/c1-18-15(17)16(12-14(16)19(2,3)4)11-10-13-8-6-5-7-9-13/h5-11,14H,12H2,1-4H3/b11-10+/t14-,16+/m1/s1. The molecule has 0 N–H and O–H groups in total. The number of rotatable bonds is 4. The van der Waals surface area contributed by atoms with Crippen molar-refractivity contribution in [3.63, 3.8) is 0 Å². The maximum atomic E-state index is 12.1. The molecule has 1 aliphatic rings. The quantitative estimate of drug-likeness (QED) is 0.613. The molecule has 1 fully saturated rings. The van der Waals surface area contributed by atoms with Gasteiger partial charge in [0.1, 0.15) is 0 Å². The minimum Gasteiger partial charge on any atom is -0.468 e. The van der Waals surface area contributed by atoms with Crippen LogP contribution in [0.5, 0.6) is 0 Å². The van der Waals surface area contributed by atoms with Crippen LogP contribution in [-0.2, 0) is 9.53 Å². The van der Waals surface area contributed by atoms with E-state index in [1.54, 1.807) is 0 Å². The van der Waals surface area contributed by atoms with E-state index in [2.05, 4.69) is 31.8 Å².